The molecule has 2 atom stereocenters. The summed E-state index contributed by atoms with van der Waals surface area (Å²) in [5.41, 5.74) is 1.22. The molecule has 1 amide bonds. The lowest BCUT2D eigenvalue weighted by atomic mass is 9.68. The van der Waals surface area contributed by atoms with Crippen LogP contribution in [-0.2, 0) is 19.4 Å². The second-order valence-corrected chi connectivity index (χ2v) is 12.9. The molecule has 2 aromatic rings. The molecule has 3 rings (SSSR count). The van der Waals surface area contributed by atoms with Crippen LogP contribution in [0.1, 0.15) is 69.4 Å². The number of hydrogen-bond acceptors (Lipinski definition) is 7. The number of carbonyl (C=O) groups is 2. The van der Waals surface area contributed by atoms with Gasteiger partial charge in [0.05, 0.1) is 16.8 Å². The van der Waals surface area contributed by atoms with Gasteiger partial charge in [0.25, 0.3) is 5.91 Å². The monoisotopic (exact) mass is 574 g/mol. The van der Waals surface area contributed by atoms with Gasteiger partial charge < -0.3 is 25.2 Å². The van der Waals surface area contributed by atoms with Gasteiger partial charge >= 0.3 is 5.97 Å². The van der Waals surface area contributed by atoms with Gasteiger partial charge in [0.15, 0.2) is 16.4 Å². The zero-order chi connectivity index (χ0) is 29.5. The number of fused-ring (bicyclic) bond motifs is 1. The molecule has 10 heteroatoms. The van der Waals surface area contributed by atoms with Gasteiger partial charge in [0, 0.05) is 31.1 Å². The smallest absolute Gasteiger partial charge is 0.322 e. The molecule has 0 saturated carbocycles. The summed E-state index contributed by atoms with van der Waals surface area (Å²) in [6.07, 6.45) is 3.58. The number of aliphatic hydroxyl groups is 1. The summed E-state index contributed by atoms with van der Waals surface area (Å²) in [5, 5.41) is 23.3. The van der Waals surface area contributed by atoms with Crippen molar-refractivity contribution < 1.29 is 33.0 Å². The van der Waals surface area contributed by atoms with Crippen LogP contribution < -0.4 is 15.0 Å². The highest BCUT2D eigenvalue weighted by Crippen LogP contribution is 2.50. The molecule has 1 heterocycles. The molecule has 0 unspecified atom stereocenters. The standard InChI is InChI=1S/C30H42N2O7S/c1-5-7-14-30(15-8-6-2)20-40(37,38)25-13-12-22(32(3)4)17-24(25)28(29(30)36)21-10-9-11-23(16-21)39-19-26(33)31-18-27(34)35/h9-13,16-17,28-29,36H,5-8,14-15,18-20H2,1-4H3,(H,31,33)(H,34,35)/t28-,29-/m1/s1. The number of carboxylic acids is 1. The first-order chi connectivity index (χ1) is 18.9. The Morgan fingerprint density at radius 1 is 1.07 bits per heavy atom. The third-order valence-corrected chi connectivity index (χ3v) is 9.68. The van der Waals surface area contributed by atoms with Gasteiger partial charge in [-0.15, -0.1) is 0 Å². The minimum atomic E-state index is -3.72. The SMILES string of the molecule is CCCCC1(CCCC)CS(=O)(=O)c2ccc(N(C)C)cc2[C@@H](c2cccc(OCC(=O)NCC(=O)O)c2)[C@H]1O. The van der Waals surface area contributed by atoms with Crippen molar-refractivity contribution in [1.29, 1.82) is 0 Å². The molecule has 1 aliphatic heterocycles. The Labute approximate surface area is 237 Å². The van der Waals surface area contributed by atoms with Gasteiger partial charge in [-0.05, 0) is 54.3 Å². The number of rotatable bonds is 13. The molecule has 0 aliphatic carbocycles. The van der Waals surface area contributed by atoms with Gasteiger partial charge in [-0.25, -0.2) is 8.42 Å². The number of nitrogens with one attached hydrogen (secondary N) is 1. The van der Waals surface area contributed by atoms with E-state index in [1.165, 1.54) is 0 Å². The number of amides is 1. The zero-order valence-corrected chi connectivity index (χ0v) is 24.7. The predicted molar refractivity (Wildman–Crippen MR) is 155 cm³/mol. The third-order valence-electron chi connectivity index (χ3n) is 7.68. The Morgan fingerprint density at radius 2 is 1.75 bits per heavy atom. The molecule has 2 aromatic carbocycles. The maximum absolute atomic E-state index is 14.0. The van der Waals surface area contributed by atoms with Crippen molar-refractivity contribution in [1.82, 2.24) is 5.32 Å². The molecule has 9 nitrogen and oxygen atoms in total. The van der Waals surface area contributed by atoms with E-state index >= 15 is 0 Å². The Kier molecular flexibility index (Phi) is 10.6. The quantitative estimate of drug-likeness (QED) is 0.327. The summed E-state index contributed by atoms with van der Waals surface area (Å²) in [6.45, 7) is 3.24. The number of unbranched alkanes of at least 4 members (excludes halogenated alkanes) is 2. The molecule has 40 heavy (non-hydrogen) atoms. The second kappa shape index (κ2) is 13.5. The normalized spacial score (nSPS) is 19.2. The molecule has 0 fully saturated rings. The Morgan fingerprint density at radius 3 is 2.35 bits per heavy atom. The van der Waals surface area contributed by atoms with Crippen molar-refractivity contribution in [3.8, 4) is 5.75 Å². The molecule has 0 bridgehead atoms. The van der Waals surface area contributed by atoms with E-state index in [-0.39, 0.29) is 17.3 Å². The number of carbonyl (C=O) groups excluding carboxylic acids is 1. The third kappa shape index (κ3) is 7.34. The number of anilines is 1. The van der Waals surface area contributed by atoms with Crippen LogP contribution in [0.4, 0.5) is 5.69 Å². The molecular weight excluding hydrogens is 532 g/mol. The fraction of sp³-hybridized carbons (Fsp3) is 0.533. The fourth-order valence-electron chi connectivity index (χ4n) is 5.56. The van der Waals surface area contributed by atoms with Crippen LogP contribution in [0.2, 0.25) is 0 Å². The summed E-state index contributed by atoms with van der Waals surface area (Å²) >= 11 is 0. The van der Waals surface area contributed by atoms with E-state index in [1.54, 1.807) is 30.3 Å². The molecule has 1 aliphatic rings. The lowest BCUT2D eigenvalue weighted by Gasteiger charge is -2.40. The van der Waals surface area contributed by atoms with Gasteiger partial charge in [-0.2, -0.15) is 0 Å². The zero-order valence-electron chi connectivity index (χ0n) is 23.9. The molecule has 3 N–H and O–H groups in total. The highest BCUT2D eigenvalue weighted by molar-refractivity contribution is 7.91. The van der Waals surface area contributed by atoms with Gasteiger partial charge in [-0.3, -0.25) is 9.59 Å². The Bertz CT molecular complexity index is 1280. The minimum absolute atomic E-state index is 0.119. The van der Waals surface area contributed by atoms with Crippen molar-refractivity contribution in [2.75, 3.05) is 37.9 Å². The van der Waals surface area contributed by atoms with E-state index in [4.69, 9.17) is 9.84 Å². The lowest BCUT2D eigenvalue weighted by Crippen LogP contribution is -2.43. The van der Waals surface area contributed by atoms with E-state index in [0.717, 1.165) is 31.4 Å². The first-order valence-electron chi connectivity index (χ1n) is 13.9. The van der Waals surface area contributed by atoms with Crippen molar-refractivity contribution in [3.63, 3.8) is 0 Å². The van der Waals surface area contributed by atoms with Crippen LogP contribution in [-0.4, -0.2) is 69.6 Å². The van der Waals surface area contributed by atoms with Gasteiger partial charge in [0.2, 0.25) is 0 Å². The number of benzene rings is 2. The summed E-state index contributed by atoms with van der Waals surface area (Å²) < 4.78 is 33.6. The van der Waals surface area contributed by atoms with E-state index in [9.17, 15) is 23.1 Å². The molecule has 0 aromatic heterocycles. The van der Waals surface area contributed by atoms with E-state index in [2.05, 4.69) is 19.2 Å². The van der Waals surface area contributed by atoms with Crippen molar-refractivity contribution in [2.24, 2.45) is 5.41 Å². The minimum Gasteiger partial charge on any atom is -0.484 e. The summed E-state index contributed by atoms with van der Waals surface area (Å²) in [7, 11) is 0.0491. The number of nitrogens with zero attached hydrogens (tertiary/aromatic N) is 1. The van der Waals surface area contributed by atoms with Crippen molar-refractivity contribution in [2.45, 2.75) is 69.3 Å². The summed E-state index contributed by atoms with van der Waals surface area (Å²) in [4.78, 5) is 24.9. The lowest BCUT2D eigenvalue weighted by molar-refractivity contribution is -0.138. The maximum Gasteiger partial charge on any atom is 0.322 e. The Hall–Kier alpha value is -3.11. The Balaban J connectivity index is 2.14. The van der Waals surface area contributed by atoms with Crippen LogP contribution in [0.25, 0.3) is 0 Å². The van der Waals surface area contributed by atoms with Crippen LogP contribution in [0.5, 0.6) is 5.75 Å². The number of hydrogen-bond donors (Lipinski definition) is 3. The number of aliphatic carboxylic acids is 1. The van der Waals surface area contributed by atoms with Gasteiger partial charge in [0.1, 0.15) is 12.3 Å². The van der Waals surface area contributed by atoms with Crippen LogP contribution >= 0.6 is 0 Å². The first-order valence-corrected chi connectivity index (χ1v) is 15.5. The molecule has 0 spiro atoms. The summed E-state index contributed by atoms with van der Waals surface area (Å²) in [5.74, 6) is -2.14. The first kappa shape index (κ1) is 31.4. The predicted octanol–water partition coefficient (Wildman–Crippen LogP) is 3.98. The average molecular weight is 575 g/mol. The number of ether oxygens (including phenoxy) is 1. The molecule has 0 radical (unpaired) electrons. The van der Waals surface area contributed by atoms with E-state index < -0.39 is 45.7 Å². The topological polar surface area (TPSA) is 133 Å². The van der Waals surface area contributed by atoms with Crippen molar-refractivity contribution >= 4 is 27.4 Å². The van der Waals surface area contributed by atoms with E-state index in [1.807, 2.05) is 31.1 Å². The van der Waals surface area contributed by atoms with Crippen molar-refractivity contribution in [3.05, 3.63) is 53.6 Å². The molecular formula is C30H42N2O7S. The second-order valence-electron chi connectivity index (χ2n) is 10.9. The van der Waals surface area contributed by atoms with Crippen LogP contribution in [0.3, 0.4) is 0 Å². The number of sulfone groups is 1. The molecule has 0 saturated heterocycles. The van der Waals surface area contributed by atoms with Crippen LogP contribution in [0, 0.1) is 5.41 Å². The van der Waals surface area contributed by atoms with Gasteiger partial charge in [-0.1, -0.05) is 51.7 Å². The van der Waals surface area contributed by atoms with E-state index in [0.29, 0.717) is 29.7 Å². The largest absolute Gasteiger partial charge is 0.484 e. The number of aliphatic hydroxyl groups excluding tert-OH is 1. The molecule has 220 valence electrons. The highest BCUT2D eigenvalue weighted by Gasteiger charge is 2.49. The fourth-order valence-corrected chi connectivity index (χ4v) is 7.75. The average Bonchev–Trinajstić information content (AvgIpc) is 2.98. The highest BCUT2D eigenvalue weighted by atomic mass is 32.2. The van der Waals surface area contributed by atoms with Crippen LogP contribution in [0.15, 0.2) is 47.4 Å². The maximum atomic E-state index is 14.0. The summed E-state index contributed by atoms with van der Waals surface area (Å²) in [6, 6.07) is 12.3. The number of carboxylic acid groups (broad SMARTS) is 1.